The Balaban J connectivity index is 1.46. The zero-order valence-electron chi connectivity index (χ0n) is 14.4. The summed E-state index contributed by atoms with van der Waals surface area (Å²) in [6, 6.07) is 0. The molecule has 1 aromatic rings. The monoisotopic (exact) mass is 333 g/mol. The molecule has 1 aromatic heterocycles. The molecule has 0 spiro atoms. The van der Waals surface area contributed by atoms with Gasteiger partial charge in [-0.1, -0.05) is 6.42 Å². The topological polar surface area (TPSA) is 81.3 Å². The molecule has 132 valence electrons. The number of hydrogen-bond donors (Lipinski definition) is 2. The van der Waals surface area contributed by atoms with E-state index in [2.05, 4.69) is 27.2 Å². The van der Waals surface area contributed by atoms with E-state index in [1.807, 2.05) is 0 Å². The van der Waals surface area contributed by atoms with Gasteiger partial charge in [-0.25, -0.2) is 4.98 Å². The van der Waals surface area contributed by atoms with Crippen molar-refractivity contribution in [2.75, 3.05) is 33.2 Å². The van der Waals surface area contributed by atoms with E-state index in [1.54, 1.807) is 11.1 Å². The SMILES string of the molecule is CN1CCC(c2ncc(CNC(=O)CN3CCCCCC3=O)[nH]2)C1. The average Bonchev–Trinajstić information content (AvgIpc) is 3.15. The third-order valence-corrected chi connectivity index (χ3v) is 4.91. The third-order valence-electron chi connectivity index (χ3n) is 4.91. The molecule has 0 radical (unpaired) electrons. The van der Waals surface area contributed by atoms with Gasteiger partial charge >= 0.3 is 0 Å². The minimum Gasteiger partial charge on any atom is -0.349 e. The van der Waals surface area contributed by atoms with Gasteiger partial charge in [-0.15, -0.1) is 0 Å². The van der Waals surface area contributed by atoms with Crippen LogP contribution in [-0.4, -0.2) is 64.8 Å². The molecular weight excluding hydrogens is 306 g/mol. The molecule has 0 saturated carbocycles. The van der Waals surface area contributed by atoms with Crippen molar-refractivity contribution in [2.45, 2.75) is 44.6 Å². The van der Waals surface area contributed by atoms with E-state index in [9.17, 15) is 9.59 Å². The largest absolute Gasteiger partial charge is 0.349 e. The highest BCUT2D eigenvalue weighted by molar-refractivity contribution is 5.84. The van der Waals surface area contributed by atoms with Crippen LogP contribution in [0, 0.1) is 0 Å². The van der Waals surface area contributed by atoms with E-state index >= 15 is 0 Å². The molecule has 24 heavy (non-hydrogen) atoms. The fraction of sp³-hybridized carbons (Fsp3) is 0.706. The number of H-pyrrole nitrogens is 1. The molecule has 2 saturated heterocycles. The summed E-state index contributed by atoms with van der Waals surface area (Å²) >= 11 is 0. The number of carbonyl (C=O) groups excluding carboxylic acids is 2. The summed E-state index contributed by atoms with van der Waals surface area (Å²) in [6.07, 6.45) is 6.46. The first-order valence-electron chi connectivity index (χ1n) is 8.88. The molecule has 3 rings (SSSR count). The van der Waals surface area contributed by atoms with Crippen molar-refractivity contribution in [1.82, 2.24) is 25.1 Å². The van der Waals surface area contributed by atoms with Crippen LogP contribution in [0.4, 0.5) is 0 Å². The highest BCUT2D eigenvalue weighted by Crippen LogP contribution is 2.23. The quantitative estimate of drug-likeness (QED) is 0.837. The van der Waals surface area contributed by atoms with Crippen molar-refractivity contribution in [1.29, 1.82) is 0 Å². The molecule has 1 unspecified atom stereocenters. The number of nitrogens with one attached hydrogen (secondary N) is 2. The Hall–Kier alpha value is -1.89. The standard InChI is InChI=1S/C17H27N5O2/c1-21-8-6-13(11-21)17-19-10-14(20-17)9-18-15(23)12-22-7-4-2-3-5-16(22)24/h10,13H,2-9,11-12H2,1H3,(H,18,23)(H,19,20). The van der Waals surface area contributed by atoms with Crippen LogP contribution >= 0.6 is 0 Å². The zero-order chi connectivity index (χ0) is 16.9. The zero-order valence-corrected chi connectivity index (χ0v) is 14.4. The molecule has 2 aliphatic heterocycles. The molecule has 1 atom stereocenters. The summed E-state index contributed by atoms with van der Waals surface area (Å²) < 4.78 is 0. The first-order valence-corrected chi connectivity index (χ1v) is 8.88. The Morgan fingerprint density at radius 3 is 3.04 bits per heavy atom. The van der Waals surface area contributed by atoms with Gasteiger partial charge in [0.15, 0.2) is 0 Å². The molecule has 3 heterocycles. The maximum absolute atomic E-state index is 12.1. The average molecular weight is 333 g/mol. The van der Waals surface area contributed by atoms with Gasteiger partial charge in [-0.2, -0.15) is 0 Å². The minimum atomic E-state index is -0.109. The number of likely N-dealkylation sites (tertiary alicyclic amines) is 2. The smallest absolute Gasteiger partial charge is 0.239 e. The van der Waals surface area contributed by atoms with E-state index in [1.165, 1.54) is 0 Å². The fourth-order valence-corrected chi connectivity index (χ4v) is 3.46. The van der Waals surface area contributed by atoms with Gasteiger partial charge in [0.2, 0.25) is 11.8 Å². The number of hydrogen-bond acceptors (Lipinski definition) is 4. The van der Waals surface area contributed by atoms with Crippen LogP contribution in [0.15, 0.2) is 6.20 Å². The Morgan fingerprint density at radius 1 is 1.38 bits per heavy atom. The molecule has 0 aliphatic carbocycles. The third kappa shape index (κ3) is 4.35. The van der Waals surface area contributed by atoms with Gasteiger partial charge < -0.3 is 20.1 Å². The van der Waals surface area contributed by atoms with Crippen molar-refractivity contribution in [3.8, 4) is 0 Å². The molecular formula is C17H27N5O2. The second-order valence-electron chi connectivity index (χ2n) is 6.94. The first-order chi connectivity index (χ1) is 11.6. The highest BCUT2D eigenvalue weighted by atomic mass is 16.2. The van der Waals surface area contributed by atoms with Crippen molar-refractivity contribution < 1.29 is 9.59 Å². The van der Waals surface area contributed by atoms with Crippen LogP contribution in [0.2, 0.25) is 0 Å². The van der Waals surface area contributed by atoms with Gasteiger partial charge in [0.1, 0.15) is 5.82 Å². The summed E-state index contributed by atoms with van der Waals surface area (Å²) in [5.41, 5.74) is 0.912. The lowest BCUT2D eigenvalue weighted by Gasteiger charge is -2.19. The number of rotatable bonds is 5. The van der Waals surface area contributed by atoms with Crippen LogP contribution in [0.5, 0.6) is 0 Å². The van der Waals surface area contributed by atoms with E-state index in [4.69, 9.17) is 0 Å². The molecule has 7 nitrogen and oxygen atoms in total. The van der Waals surface area contributed by atoms with Crippen LogP contribution in [0.3, 0.4) is 0 Å². The summed E-state index contributed by atoms with van der Waals surface area (Å²) in [5, 5.41) is 2.89. The number of aromatic nitrogens is 2. The van der Waals surface area contributed by atoms with E-state index in [0.717, 1.165) is 50.3 Å². The Labute approximate surface area is 142 Å². The normalized spacial score (nSPS) is 22.6. The molecule has 2 amide bonds. The summed E-state index contributed by atoms with van der Waals surface area (Å²) in [5.74, 6) is 1.44. The van der Waals surface area contributed by atoms with E-state index < -0.39 is 0 Å². The van der Waals surface area contributed by atoms with E-state index in [0.29, 0.717) is 25.4 Å². The van der Waals surface area contributed by atoms with Crippen molar-refractivity contribution >= 4 is 11.8 Å². The first kappa shape index (κ1) is 17.0. The maximum Gasteiger partial charge on any atom is 0.239 e. The van der Waals surface area contributed by atoms with Gasteiger partial charge in [0, 0.05) is 25.4 Å². The van der Waals surface area contributed by atoms with Crippen molar-refractivity contribution in [3.63, 3.8) is 0 Å². The lowest BCUT2D eigenvalue weighted by Crippen LogP contribution is -2.40. The van der Waals surface area contributed by atoms with Crippen LogP contribution in [0.1, 0.15) is 49.5 Å². The van der Waals surface area contributed by atoms with Gasteiger partial charge in [0.25, 0.3) is 0 Å². The Kier molecular flexibility index (Phi) is 5.50. The lowest BCUT2D eigenvalue weighted by molar-refractivity contribution is -0.135. The van der Waals surface area contributed by atoms with Crippen molar-refractivity contribution in [3.05, 3.63) is 17.7 Å². The molecule has 2 fully saturated rings. The summed E-state index contributed by atoms with van der Waals surface area (Å²) in [7, 11) is 2.12. The van der Waals surface area contributed by atoms with Crippen LogP contribution < -0.4 is 5.32 Å². The molecule has 7 heteroatoms. The van der Waals surface area contributed by atoms with Crippen LogP contribution in [-0.2, 0) is 16.1 Å². The number of imidazole rings is 1. The minimum absolute atomic E-state index is 0.0943. The maximum atomic E-state index is 12.1. The highest BCUT2D eigenvalue weighted by Gasteiger charge is 2.23. The Morgan fingerprint density at radius 2 is 2.25 bits per heavy atom. The number of nitrogens with zero attached hydrogens (tertiary/aromatic N) is 3. The summed E-state index contributed by atoms with van der Waals surface area (Å²) in [6.45, 7) is 3.40. The van der Waals surface area contributed by atoms with Gasteiger partial charge in [-0.3, -0.25) is 9.59 Å². The van der Waals surface area contributed by atoms with Gasteiger partial charge in [0.05, 0.1) is 25.0 Å². The predicted octanol–water partition coefficient (Wildman–Crippen LogP) is 0.848. The van der Waals surface area contributed by atoms with E-state index in [-0.39, 0.29) is 18.4 Å². The molecule has 2 aliphatic rings. The van der Waals surface area contributed by atoms with Crippen LogP contribution in [0.25, 0.3) is 0 Å². The van der Waals surface area contributed by atoms with Gasteiger partial charge in [-0.05, 0) is 32.9 Å². The Bertz CT molecular complexity index is 585. The second-order valence-corrected chi connectivity index (χ2v) is 6.94. The predicted molar refractivity (Wildman–Crippen MR) is 90.3 cm³/mol. The molecule has 2 N–H and O–H groups in total. The number of amides is 2. The second kappa shape index (κ2) is 7.79. The fourth-order valence-electron chi connectivity index (χ4n) is 3.46. The summed E-state index contributed by atoms with van der Waals surface area (Å²) in [4.78, 5) is 35.8. The lowest BCUT2D eigenvalue weighted by atomic mass is 10.1. The molecule has 0 bridgehead atoms. The number of likely N-dealkylation sites (N-methyl/N-ethyl adjacent to an activating group) is 1. The van der Waals surface area contributed by atoms with Crippen molar-refractivity contribution in [2.24, 2.45) is 0 Å². The number of carbonyl (C=O) groups is 2. The molecule has 0 aromatic carbocycles. The number of aromatic amines is 1.